The lowest BCUT2D eigenvalue weighted by Crippen LogP contribution is -2.46. The molecule has 0 aliphatic carbocycles. The average Bonchev–Trinajstić information content (AvgIpc) is 3.70. The minimum absolute atomic E-state index is 0.0143. The lowest BCUT2D eigenvalue weighted by Gasteiger charge is -2.33. The molecule has 9 nitrogen and oxygen atoms in total. The number of carbonyl (C=O) groups excluding carboxylic acids is 3. The monoisotopic (exact) mass is 673 g/mol. The molecule has 10 heteroatoms. The van der Waals surface area contributed by atoms with Crippen molar-refractivity contribution in [3.8, 4) is 0 Å². The Bertz CT molecular complexity index is 1570. The minimum Gasteiger partial charge on any atom is -0.432 e. The average molecular weight is 674 g/mol. The molecule has 1 spiro atoms. The van der Waals surface area contributed by atoms with Gasteiger partial charge in [0.05, 0.1) is 30.9 Å². The molecular weight excluding hydrogens is 623 g/mol. The van der Waals surface area contributed by atoms with E-state index in [1.807, 2.05) is 68.5 Å². The lowest BCUT2D eigenvalue weighted by atomic mass is 9.82. The quantitative estimate of drug-likeness (QED) is 0.158. The van der Waals surface area contributed by atoms with E-state index in [0.717, 1.165) is 32.1 Å². The molecule has 0 radical (unpaired) electrons. The first-order valence-electron chi connectivity index (χ1n) is 17.2. The molecule has 2 saturated heterocycles. The molecule has 2 N–H and O–H groups in total. The van der Waals surface area contributed by atoms with Gasteiger partial charge in [0.25, 0.3) is 5.91 Å². The number of carbonyl (C=O) groups is 3. The fourth-order valence-corrected chi connectivity index (χ4v) is 10.6. The van der Waals surface area contributed by atoms with Crippen molar-refractivity contribution in [3.05, 3.63) is 77.4 Å². The van der Waals surface area contributed by atoms with Crippen LogP contribution in [0.3, 0.4) is 0 Å². The number of likely N-dealkylation sites (tertiary alicyclic amines) is 1. The number of ether oxygens (including phenoxy) is 1. The van der Waals surface area contributed by atoms with Crippen LogP contribution in [0.1, 0.15) is 65.4 Å². The number of aliphatic hydroxyl groups is 1. The molecule has 2 fully saturated rings. The van der Waals surface area contributed by atoms with E-state index in [2.05, 4.69) is 32.9 Å². The molecular formula is C38H51N3O6Si. The minimum atomic E-state index is -3.00. The number of para-hydroxylation sites is 1. The van der Waals surface area contributed by atoms with Crippen LogP contribution in [0.2, 0.25) is 18.6 Å². The lowest BCUT2D eigenvalue weighted by molar-refractivity contribution is -0.149. The maximum absolute atomic E-state index is 14.9. The molecule has 2 aromatic rings. The molecule has 48 heavy (non-hydrogen) atoms. The van der Waals surface area contributed by atoms with Gasteiger partial charge in [0, 0.05) is 41.5 Å². The number of rotatable bonds is 12. The Morgan fingerprint density at radius 2 is 1.83 bits per heavy atom. The molecule has 3 aliphatic rings. The van der Waals surface area contributed by atoms with Crippen LogP contribution < -0.4 is 9.80 Å². The summed E-state index contributed by atoms with van der Waals surface area (Å²) in [6, 6.07) is 14.7. The van der Waals surface area contributed by atoms with E-state index in [-0.39, 0.29) is 30.9 Å². The second-order valence-electron chi connectivity index (χ2n) is 14.4. The number of amides is 3. The highest BCUT2D eigenvalue weighted by Gasteiger charge is 2.66. The summed E-state index contributed by atoms with van der Waals surface area (Å²) in [6.45, 7) is 12.7. The fourth-order valence-electron chi connectivity index (χ4n) is 8.04. The number of allylic oxidation sites excluding steroid dienone is 3. The number of nitrogens with zero attached hydrogens (tertiary/aromatic N) is 3. The summed E-state index contributed by atoms with van der Waals surface area (Å²) in [6.07, 6.45) is 7.74. The van der Waals surface area contributed by atoms with E-state index < -0.39 is 31.5 Å². The predicted octanol–water partition coefficient (Wildman–Crippen LogP) is 6.19. The van der Waals surface area contributed by atoms with Gasteiger partial charge in [-0.05, 0) is 89.9 Å². The van der Waals surface area contributed by atoms with Crippen molar-refractivity contribution in [2.75, 3.05) is 29.5 Å². The van der Waals surface area contributed by atoms with Gasteiger partial charge < -0.3 is 24.4 Å². The molecule has 0 aromatic heterocycles. The van der Waals surface area contributed by atoms with Crippen molar-refractivity contribution in [2.24, 2.45) is 5.92 Å². The number of hydrogen-bond donors (Lipinski definition) is 2. The first-order valence-corrected chi connectivity index (χ1v) is 20.2. The summed E-state index contributed by atoms with van der Waals surface area (Å²) in [4.78, 5) is 57.8. The first kappa shape index (κ1) is 35.7. The van der Waals surface area contributed by atoms with Gasteiger partial charge in [0.1, 0.15) is 0 Å². The van der Waals surface area contributed by atoms with Crippen LogP contribution >= 0.6 is 0 Å². The largest absolute Gasteiger partial charge is 0.432 e. The van der Waals surface area contributed by atoms with Gasteiger partial charge in [-0.3, -0.25) is 19.3 Å². The van der Waals surface area contributed by atoms with Crippen LogP contribution in [0, 0.1) is 5.92 Å². The molecule has 2 aromatic carbocycles. The Hall–Kier alpha value is -3.57. The van der Waals surface area contributed by atoms with E-state index in [4.69, 9.17) is 4.74 Å². The van der Waals surface area contributed by atoms with Crippen molar-refractivity contribution in [2.45, 2.75) is 96.2 Å². The van der Waals surface area contributed by atoms with Gasteiger partial charge in [0.15, 0.2) is 13.9 Å². The third-order valence-corrected chi connectivity index (χ3v) is 12.9. The SMILES string of the molecule is CC(C)=CCC/C(C)=C/CN1C(=O)[C@]2(O[C@H](CC(=O)N3CCC[C@H]3CO)[C@@H]([Si](C)(C)O)[C@@H]2C)c2cc(N(C=O)c3ccccc3)ccc21. The van der Waals surface area contributed by atoms with Crippen LogP contribution in [-0.2, 0) is 24.7 Å². The van der Waals surface area contributed by atoms with Crippen LogP contribution in [0.25, 0.3) is 0 Å². The Balaban J connectivity index is 1.58. The smallest absolute Gasteiger partial charge is 0.264 e. The zero-order valence-corrected chi connectivity index (χ0v) is 30.2. The van der Waals surface area contributed by atoms with E-state index in [1.165, 1.54) is 11.1 Å². The topological polar surface area (TPSA) is 111 Å². The van der Waals surface area contributed by atoms with Crippen molar-refractivity contribution in [1.29, 1.82) is 0 Å². The summed E-state index contributed by atoms with van der Waals surface area (Å²) in [5, 5.41) is 9.90. The molecule has 0 unspecified atom stereocenters. The number of fused-ring (bicyclic) bond motifs is 2. The molecule has 0 saturated carbocycles. The first-order chi connectivity index (χ1) is 22.8. The van der Waals surface area contributed by atoms with Crippen molar-refractivity contribution >= 4 is 43.6 Å². The highest BCUT2D eigenvalue weighted by atomic mass is 28.4. The van der Waals surface area contributed by atoms with E-state index in [9.17, 15) is 24.3 Å². The van der Waals surface area contributed by atoms with Crippen molar-refractivity contribution < 1.29 is 29.0 Å². The van der Waals surface area contributed by atoms with Gasteiger partial charge in [0.2, 0.25) is 12.3 Å². The van der Waals surface area contributed by atoms with Crippen LogP contribution in [0.5, 0.6) is 0 Å². The van der Waals surface area contributed by atoms with E-state index >= 15 is 0 Å². The molecule has 3 amide bonds. The third-order valence-electron chi connectivity index (χ3n) is 10.4. The van der Waals surface area contributed by atoms with Gasteiger partial charge in [-0.15, -0.1) is 0 Å². The summed E-state index contributed by atoms with van der Waals surface area (Å²) in [5.74, 6) is -0.809. The Morgan fingerprint density at radius 1 is 1.10 bits per heavy atom. The molecule has 0 bridgehead atoms. The highest BCUT2D eigenvalue weighted by Crippen LogP contribution is 2.60. The summed E-state index contributed by atoms with van der Waals surface area (Å²) in [5.41, 5.74) is 3.19. The predicted molar refractivity (Wildman–Crippen MR) is 191 cm³/mol. The van der Waals surface area contributed by atoms with Gasteiger partial charge in [-0.2, -0.15) is 0 Å². The second-order valence-corrected chi connectivity index (χ2v) is 18.4. The normalized spacial score (nSPS) is 25.5. The summed E-state index contributed by atoms with van der Waals surface area (Å²) in [7, 11) is -3.00. The molecule has 3 aliphatic heterocycles. The van der Waals surface area contributed by atoms with Crippen molar-refractivity contribution in [1.82, 2.24) is 4.90 Å². The van der Waals surface area contributed by atoms with Crippen LogP contribution in [0.15, 0.2) is 71.8 Å². The molecule has 5 rings (SSSR count). The zero-order valence-electron chi connectivity index (χ0n) is 29.2. The fraction of sp³-hybridized carbons (Fsp3) is 0.500. The van der Waals surface area contributed by atoms with Crippen LogP contribution in [0.4, 0.5) is 17.1 Å². The van der Waals surface area contributed by atoms with Crippen LogP contribution in [-0.4, -0.2) is 73.2 Å². The van der Waals surface area contributed by atoms with E-state index in [0.29, 0.717) is 35.7 Å². The Kier molecular flexibility index (Phi) is 10.8. The second kappa shape index (κ2) is 14.5. The Labute approximate surface area is 286 Å². The van der Waals surface area contributed by atoms with Gasteiger partial charge in [-0.1, -0.05) is 48.4 Å². The summed E-state index contributed by atoms with van der Waals surface area (Å²) >= 11 is 0. The molecule has 5 atom stereocenters. The standard InChI is InChI=1S/C38H51N3O6Si/c1-26(2)12-10-13-27(3)19-21-40-33-18-17-30(41(25-43)29-14-8-7-9-15-29)22-32(33)38(37(40)45)28(4)36(48(5,6)46)34(47-38)23-35(44)39-20-11-16-31(39)24-42/h7-9,12,14-15,17-19,22,25,28,31,34,36,42,46H,10-11,13,16,20-21,23-24H2,1-6H3/b27-19+/t28-,31-,34+,36-,38+/m0/s1. The van der Waals surface area contributed by atoms with Gasteiger partial charge >= 0.3 is 0 Å². The zero-order chi connectivity index (χ0) is 34.8. The summed E-state index contributed by atoms with van der Waals surface area (Å²) < 4.78 is 6.94. The number of hydrogen-bond acceptors (Lipinski definition) is 6. The van der Waals surface area contributed by atoms with Gasteiger partial charge in [-0.25, -0.2) is 0 Å². The highest BCUT2D eigenvalue weighted by molar-refractivity contribution is 6.71. The number of anilines is 3. The third kappa shape index (κ3) is 6.81. The number of benzene rings is 2. The van der Waals surface area contributed by atoms with E-state index in [1.54, 1.807) is 14.7 Å². The molecule has 258 valence electrons. The molecule has 3 heterocycles. The number of aliphatic hydroxyl groups excluding tert-OH is 1. The maximum atomic E-state index is 14.9. The van der Waals surface area contributed by atoms with Crippen molar-refractivity contribution in [3.63, 3.8) is 0 Å². The maximum Gasteiger partial charge on any atom is 0.264 e. The Morgan fingerprint density at radius 3 is 2.48 bits per heavy atom.